The van der Waals surface area contributed by atoms with Crippen LogP contribution in [0.15, 0.2) is 24.3 Å². The number of carbonyl (C=O) groups is 2. The maximum atomic E-state index is 12.2. The molecule has 1 N–H and O–H groups in total. The Bertz CT molecular complexity index is 479. The predicted molar refractivity (Wildman–Crippen MR) is 77.1 cm³/mol. The zero-order chi connectivity index (χ0) is 15.3. The number of hydrogen-bond donors (Lipinski definition) is 1. The van der Waals surface area contributed by atoms with Gasteiger partial charge >= 0.3 is 5.97 Å². The van der Waals surface area contributed by atoms with Gasteiger partial charge in [0.2, 0.25) is 5.91 Å². The molecule has 0 unspecified atom stereocenters. The summed E-state index contributed by atoms with van der Waals surface area (Å²) in [5.74, 6) is -0.280. The second kappa shape index (κ2) is 6.41. The summed E-state index contributed by atoms with van der Waals surface area (Å²) in [7, 11) is 3.26. The van der Waals surface area contributed by atoms with Crippen LogP contribution in [0.2, 0.25) is 0 Å². The Morgan fingerprint density at radius 3 is 2.20 bits per heavy atom. The third-order valence-corrected chi connectivity index (χ3v) is 3.09. The molecule has 0 aliphatic rings. The second-order valence-electron chi connectivity index (χ2n) is 5.56. The number of ether oxygens (including phenoxy) is 1. The number of carboxylic acids is 1. The van der Waals surface area contributed by atoms with Crippen LogP contribution in [0, 0.1) is 5.41 Å². The molecule has 5 heteroatoms. The van der Waals surface area contributed by atoms with Crippen LogP contribution in [0.4, 0.5) is 5.69 Å². The molecule has 1 rings (SSSR count). The van der Waals surface area contributed by atoms with E-state index in [9.17, 15) is 9.59 Å². The topological polar surface area (TPSA) is 66.8 Å². The highest BCUT2D eigenvalue weighted by Gasteiger charge is 2.27. The van der Waals surface area contributed by atoms with Gasteiger partial charge in [-0.2, -0.15) is 0 Å². The first-order valence-corrected chi connectivity index (χ1v) is 6.37. The van der Waals surface area contributed by atoms with Gasteiger partial charge in [-0.15, -0.1) is 0 Å². The smallest absolute Gasteiger partial charge is 0.303 e. The predicted octanol–water partition coefficient (Wildman–Crippen LogP) is 2.55. The maximum Gasteiger partial charge on any atom is 0.303 e. The quantitative estimate of drug-likeness (QED) is 0.869. The Hall–Kier alpha value is -2.04. The van der Waals surface area contributed by atoms with Crippen molar-refractivity contribution in [1.29, 1.82) is 0 Å². The Balaban J connectivity index is 2.73. The van der Waals surface area contributed by atoms with Gasteiger partial charge in [0.05, 0.1) is 13.5 Å². The highest BCUT2D eigenvalue weighted by molar-refractivity contribution is 5.93. The zero-order valence-electron chi connectivity index (χ0n) is 12.3. The molecule has 0 radical (unpaired) electrons. The molecule has 0 atom stereocenters. The Morgan fingerprint density at radius 1 is 1.20 bits per heavy atom. The van der Waals surface area contributed by atoms with Crippen LogP contribution in [-0.4, -0.2) is 31.1 Å². The number of methoxy groups -OCH3 is 1. The van der Waals surface area contributed by atoms with Crippen molar-refractivity contribution in [1.82, 2.24) is 0 Å². The Labute approximate surface area is 119 Å². The average molecular weight is 279 g/mol. The first-order valence-electron chi connectivity index (χ1n) is 6.37. The standard InChI is InChI=1S/C15H21NO4/c1-15(2,10-14(18)19)9-13(17)16(3)11-5-7-12(20-4)8-6-11/h5-8H,9-10H2,1-4H3,(H,18,19). The number of amides is 1. The van der Waals surface area contributed by atoms with E-state index in [-0.39, 0.29) is 18.7 Å². The number of anilines is 1. The van der Waals surface area contributed by atoms with Crippen LogP contribution in [0.1, 0.15) is 26.7 Å². The van der Waals surface area contributed by atoms with Crippen LogP contribution in [0.3, 0.4) is 0 Å². The molecule has 0 aromatic heterocycles. The highest BCUT2D eigenvalue weighted by atomic mass is 16.5. The minimum absolute atomic E-state index is 0.0325. The summed E-state index contributed by atoms with van der Waals surface area (Å²) >= 11 is 0. The fourth-order valence-corrected chi connectivity index (χ4v) is 1.95. The molecule has 20 heavy (non-hydrogen) atoms. The van der Waals surface area contributed by atoms with E-state index in [4.69, 9.17) is 9.84 Å². The van der Waals surface area contributed by atoms with Crippen molar-refractivity contribution < 1.29 is 19.4 Å². The normalized spacial score (nSPS) is 11.0. The van der Waals surface area contributed by atoms with E-state index in [0.29, 0.717) is 0 Å². The largest absolute Gasteiger partial charge is 0.497 e. The van der Waals surface area contributed by atoms with Gasteiger partial charge in [-0.25, -0.2) is 0 Å². The van der Waals surface area contributed by atoms with Crippen LogP contribution < -0.4 is 9.64 Å². The van der Waals surface area contributed by atoms with E-state index in [0.717, 1.165) is 11.4 Å². The molecular weight excluding hydrogens is 258 g/mol. The number of hydrogen-bond acceptors (Lipinski definition) is 3. The molecule has 1 aromatic carbocycles. The number of rotatable bonds is 6. The third kappa shape index (κ3) is 4.57. The average Bonchev–Trinajstić information content (AvgIpc) is 2.35. The van der Waals surface area contributed by atoms with Gasteiger partial charge in [0, 0.05) is 19.2 Å². The lowest BCUT2D eigenvalue weighted by Gasteiger charge is -2.25. The second-order valence-corrected chi connectivity index (χ2v) is 5.56. The van der Waals surface area contributed by atoms with Crippen molar-refractivity contribution >= 4 is 17.6 Å². The van der Waals surface area contributed by atoms with Crippen molar-refractivity contribution in [2.24, 2.45) is 5.41 Å². The molecule has 1 aromatic rings. The SMILES string of the molecule is COc1ccc(N(C)C(=O)CC(C)(C)CC(=O)O)cc1. The van der Waals surface area contributed by atoms with Crippen LogP contribution >= 0.6 is 0 Å². The van der Waals surface area contributed by atoms with Crippen LogP contribution in [-0.2, 0) is 9.59 Å². The first-order chi connectivity index (χ1) is 9.25. The van der Waals surface area contributed by atoms with Gasteiger partial charge in [0.25, 0.3) is 0 Å². The molecule has 0 aliphatic heterocycles. The molecule has 0 saturated carbocycles. The van der Waals surface area contributed by atoms with Crippen molar-refractivity contribution in [2.75, 3.05) is 19.1 Å². The minimum atomic E-state index is -0.894. The van der Waals surface area contributed by atoms with E-state index in [1.807, 2.05) is 0 Å². The van der Waals surface area contributed by atoms with Gasteiger partial charge in [0.15, 0.2) is 0 Å². The highest BCUT2D eigenvalue weighted by Crippen LogP contribution is 2.27. The molecule has 0 fully saturated rings. The summed E-state index contributed by atoms with van der Waals surface area (Å²) in [6.07, 6.45) is 0.150. The van der Waals surface area contributed by atoms with E-state index in [2.05, 4.69) is 0 Å². The van der Waals surface area contributed by atoms with Gasteiger partial charge in [-0.1, -0.05) is 13.8 Å². The zero-order valence-corrected chi connectivity index (χ0v) is 12.3. The summed E-state index contributed by atoms with van der Waals surface area (Å²) in [5, 5.41) is 8.84. The fourth-order valence-electron chi connectivity index (χ4n) is 1.95. The number of aliphatic carboxylic acids is 1. The van der Waals surface area contributed by atoms with Crippen molar-refractivity contribution in [3.05, 3.63) is 24.3 Å². The third-order valence-electron chi connectivity index (χ3n) is 3.09. The van der Waals surface area contributed by atoms with Crippen LogP contribution in [0.5, 0.6) is 5.75 Å². The summed E-state index contributed by atoms with van der Waals surface area (Å²) < 4.78 is 5.07. The monoisotopic (exact) mass is 279 g/mol. The molecule has 0 saturated heterocycles. The molecule has 1 amide bonds. The summed E-state index contributed by atoms with van der Waals surface area (Å²) in [6, 6.07) is 7.14. The van der Waals surface area contributed by atoms with E-state index >= 15 is 0 Å². The molecule has 0 spiro atoms. The fraction of sp³-hybridized carbons (Fsp3) is 0.467. The maximum absolute atomic E-state index is 12.2. The van der Waals surface area contributed by atoms with Crippen molar-refractivity contribution in [3.8, 4) is 5.75 Å². The molecule has 5 nitrogen and oxygen atoms in total. The molecule has 110 valence electrons. The van der Waals surface area contributed by atoms with Gasteiger partial charge < -0.3 is 14.7 Å². The number of carboxylic acid groups (broad SMARTS) is 1. The van der Waals surface area contributed by atoms with E-state index in [1.165, 1.54) is 4.90 Å². The number of benzene rings is 1. The van der Waals surface area contributed by atoms with Gasteiger partial charge in [0.1, 0.15) is 5.75 Å². The Kier molecular flexibility index (Phi) is 5.13. The molecule has 0 aliphatic carbocycles. The van der Waals surface area contributed by atoms with Gasteiger partial charge in [-0.05, 0) is 29.7 Å². The molecule has 0 heterocycles. The number of carbonyl (C=O) groups excluding carboxylic acids is 1. The Morgan fingerprint density at radius 2 is 1.75 bits per heavy atom. The van der Waals surface area contributed by atoms with Crippen molar-refractivity contribution in [2.45, 2.75) is 26.7 Å². The molecule has 0 bridgehead atoms. The summed E-state index contributed by atoms with van der Waals surface area (Å²) in [5.41, 5.74) is 0.186. The van der Waals surface area contributed by atoms with Gasteiger partial charge in [-0.3, -0.25) is 9.59 Å². The summed E-state index contributed by atoms with van der Waals surface area (Å²) in [4.78, 5) is 24.5. The van der Waals surface area contributed by atoms with Crippen molar-refractivity contribution in [3.63, 3.8) is 0 Å². The van der Waals surface area contributed by atoms with E-state index in [1.54, 1.807) is 52.3 Å². The van der Waals surface area contributed by atoms with E-state index < -0.39 is 11.4 Å². The lowest BCUT2D eigenvalue weighted by atomic mass is 9.85. The van der Waals surface area contributed by atoms with Crippen LogP contribution in [0.25, 0.3) is 0 Å². The summed E-state index contributed by atoms with van der Waals surface area (Å²) in [6.45, 7) is 3.56. The molecular formula is C15H21NO4. The minimum Gasteiger partial charge on any atom is -0.497 e. The number of nitrogens with zero attached hydrogens (tertiary/aromatic N) is 1. The first kappa shape index (κ1) is 16.0. The lowest BCUT2D eigenvalue weighted by Crippen LogP contribution is -2.31. The lowest BCUT2D eigenvalue weighted by molar-refractivity contribution is -0.139.